The van der Waals surface area contributed by atoms with Crippen LogP contribution in [0.1, 0.15) is 19.3 Å². The number of hydrogen-bond donors (Lipinski definition) is 2. The Morgan fingerprint density at radius 3 is 2.75 bits per heavy atom. The van der Waals surface area contributed by atoms with Crippen molar-refractivity contribution in [1.82, 2.24) is 5.32 Å². The number of methoxy groups -OCH3 is 1. The van der Waals surface area contributed by atoms with Crippen molar-refractivity contribution in [3.63, 3.8) is 0 Å². The number of para-hydroxylation sites is 1. The minimum Gasteiger partial charge on any atom is -0.489 e. The van der Waals surface area contributed by atoms with E-state index in [2.05, 4.69) is 5.32 Å². The monoisotopic (exact) mass is 299 g/mol. The van der Waals surface area contributed by atoms with Gasteiger partial charge in [-0.3, -0.25) is 0 Å². The number of rotatable bonds is 8. The van der Waals surface area contributed by atoms with E-state index in [-0.39, 0.29) is 12.2 Å². The van der Waals surface area contributed by atoms with E-state index >= 15 is 0 Å². The summed E-state index contributed by atoms with van der Waals surface area (Å²) in [5.74, 6) is 0.598. The zero-order chi connectivity index (χ0) is 14.4. The van der Waals surface area contributed by atoms with Crippen molar-refractivity contribution in [3.8, 4) is 5.75 Å². The summed E-state index contributed by atoms with van der Waals surface area (Å²) in [5.41, 5.74) is -0.0245. The highest BCUT2D eigenvalue weighted by Crippen LogP contribution is 2.34. The van der Waals surface area contributed by atoms with Gasteiger partial charge in [-0.05, 0) is 31.4 Å². The number of hydrogen-bond acceptors (Lipinski definition) is 4. The van der Waals surface area contributed by atoms with Crippen LogP contribution in [0.4, 0.5) is 0 Å². The molecule has 0 spiro atoms. The van der Waals surface area contributed by atoms with Gasteiger partial charge in [-0.2, -0.15) is 0 Å². The van der Waals surface area contributed by atoms with Crippen molar-refractivity contribution in [3.05, 3.63) is 29.3 Å². The highest BCUT2D eigenvalue weighted by atomic mass is 35.5. The second kappa shape index (κ2) is 7.27. The lowest BCUT2D eigenvalue weighted by atomic mass is 9.80. The average Bonchev–Trinajstić information content (AvgIpc) is 2.41. The first-order valence-corrected chi connectivity index (χ1v) is 7.34. The molecule has 1 aliphatic carbocycles. The molecule has 0 bridgehead atoms. The van der Waals surface area contributed by atoms with Gasteiger partial charge in [-0.25, -0.2) is 0 Å². The highest BCUT2D eigenvalue weighted by molar-refractivity contribution is 6.32. The summed E-state index contributed by atoms with van der Waals surface area (Å²) < 4.78 is 11.0. The van der Waals surface area contributed by atoms with Crippen LogP contribution in [0.3, 0.4) is 0 Å². The fourth-order valence-electron chi connectivity index (χ4n) is 2.30. The minimum absolute atomic E-state index is 0.0245. The fraction of sp³-hybridized carbons (Fsp3) is 0.600. The average molecular weight is 300 g/mol. The van der Waals surface area contributed by atoms with E-state index in [4.69, 9.17) is 21.1 Å². The molecular weight excluding hydrogens is 278 g/mol. The standard InChI is InChI=1S/C15H22ClNO3/c1-19-15(7-4-8-15)11-17-9-12(18)10-20-14-6-3-2-5-13(14)16/h2-3,5-6,12,17-18H,4,7-11H2,1H3. The Bertz CT molecular complexity index is 418. The molecule has 1 aromatic rings. The largest absolute Gasteiger partial charge is 0.489 e. The maximum Gasteiger partial charge on any atom is 0.138 e. The molecule has 0 radical (unpaired) electrons. The van der Waals surface area contributed by atoms with Gasteiger partial charge in [-0.1, -0.05) is 23.7 Å². The van der Waals surface area contributed by atoms with Gasteiger partial charge in [0.05, 0.1) is 10.6 Å². The van der Waals surface area contributed by atoms with Crippen molar-refractivity contribution in [2.75, 3.05) is 26.8 Å². The van der Waals surface area contributed by atoms with Crippen LogP contribution in [0.5, 0.6) is 5.75 Å². The molecule has 4 nitrogen and oxygen atoms in total. The molecule has 1 fully saturated rings. The minimum atomic E-state index is -0.569. The fourth-order valence-corrected chi connectivity index (χ4v) is 2.49. The van der Waals surface area contributed by atoms with Crippen LogP contribution in [0, 0.1) is 0 Å². The van der Waals surface area contributed by atoms with E-state index in [1.165, 1.54) is 6.42 Å². The number of aliphatic hydroxyl groups excluding tert-OH is 1. The topological polar surface area (TPSA) is 50.7 Å². The lowest BCUT2D eigenvalue weighted by Crippen LogP contribution is -2.49. The summed E-state index contributed by atoms with van der Waals surface area (Å²) in [4.78, 5) is 0. The predicted molar refractivity (Wildman–Crippen MR) is 79.4 cm³/mol. The highest BCUT2D eigenvalue weighted by Gasteiger charge is 2.36. The van der Waals surface area contributed by atoms with Crippen LogP contribution in [0.25, 0.3) is 0 Å². The third-order valence-electron chi connectivity index (χ3n) is 3.79. The molecule has 0 saturated heterocycles. The molecule has 0 aliphatic heterocycles. The van der Waals surface area contributed by atoms with Crippen molar-refractivity contribution in [2.45, 2.75) is 31.0 Å². The molecule has 2 N–H and O–H groups in total. The van der Waals surface area contributed by atoms with Gasteiger partial charge in [0.1, 0.15) is 18.5 Å². The molecule has 0 amide bonds. The van der Waals surface area contributed by atoms with Crippen LogP contribution < -0.4 is 10.1 Å². The third-order valence-corrected chi connectivity index (χ3v) is 4.11. The van der Waals surface area contributed by atoms with Crippen molar-refractivity contribution < 1.29 is 14.6 Å². The Morgan fingerprint density at radius 2 is 2.15 bits per heavy atom. The zero-order valence-electron chi connectivity index (χ0n) is 11.8. The number of aliphatic hydroxyl groups is 1. The molecule has 1 unspecified atom stereocenters. The van der Waals surface area contributed by atoms with Crippen molar-refractivity contribution in [2.24, 2.45) is 0 Å². The smallest absolute Gasteiger partial charge is 0.138 e. The Labute approximate surface area is 125 Å². The van der Waals surface area contributed by atoms with Gasteiger partial charge in [0.25, 0.3) is 0 Å². The van der Waals surface area contributed by atoms with Crippen LogP contribution in [0.2, 0.25) is 5.02 Å². The maximum atomic E-state index is 9.89. The number of benzene rings is 1. The Balaban J connectivity index is 1.65. The summed E-state index contributed by atoms with van der Waals surface area (Å²) in [6, 6.07) is 7.25. The molecule has 1 aromatic carbocycles. The molecule has 0 heterocycles. The molecule has 0 aromatic heterocycles. The maximum absolute atomic E-state index is 9.89. The van der Waals surface area contributed by atoms with Crippen molar-refractivity contribution in [1.29, 1.82) is 0 Å². The molecule has 2 rings (SSSR count). The SMILES string of the molecule is COC1(CNCC(O)COc2ccccc2Cl)CCC1. The van der Waals surface area contributed by atoms with Gasteiger partial charge in [0.15, 0.2) is 0 Å². The summed E-state index contributed by atoms with van der Waals surface area (Å²) in [6.45, 7) is 1.47. The van der Waals surface area contributed by atoms with E-state index < -0.39 is 6.10 Å². The third kappa shape index (κ3) is 4.09. The van der Waals surface area contributed by atoms with E-state index in [1.807, 2.05) is 12.1 Å². The van der Waals surface area contributed by atoms with Crippen molar-refractivity contribution >= 4 is 11.6 Å². The normalized spacial score (nSPS) is 18.4. The van der Waals surface area contributed by atoms with Crippen LogP contribution in [-0.4, -0.2) is 43.6 Å². The van der Waals surface area contributed by atoms with E-state index in [9.17, 15) is 5.11 Å². The number of nitrogens with one attached hydrogen (secondary N) is 1. The summed E-state index contributed by atoms with van der Waals surface area (Å²) in [7, 11) is 1.75. The lowest BCUT2D eigenvalue weighted by Gasteiger charge is -2.40. The first-order valence-electron chi connectivity index (χ1n) is 6.96. The molecule has 1 aliphatic rings. The van der Waals surface area contributed by atoms with Gasteiger partial charge < -0.3 is 19.9 Å². The van der Waals surface area contributed by atoms with Gasteiger partial charge in [0.2, 0.25) is 0 Å². The second-order valence-electron chi connectivity index (χ2n) is 5.27. The lowest BCUT2D eigenvalue weighted by molar-refractivity contribution is -0.0706. The summed E-state index contributed by atoms with van der Waals surface area (Å²) in [5, 5.41) is 13.7. The predicted octanol–water partition coefficient (Wildman–Crippen LogP) is 2.24. The van der Waals surface area contributed by atoms with Gasteiger partial charge in [-0.15, -0.1) is 0 Å². The summed E-state index contributed by atoms with van der Waals surface area (Å²) >= 11 is 5.98. The Kier molecular flexibility index (Phi) is 5.66. The Morgan fingerprint density at radius 1 is 1.40 bits per heavy atom. The number of halogens is 1. The van der Waals surface area contributed by atoms with E-state index in [0.29, 0.717) is 17.3 Å². The van der Waals surface area contributed by atoms with Crippen LogP contribution >= 0.6 is 11.6 Å². The van der Waals surface area contributed by atoms with Crippen LogP contribution in [0.15, 0.2) is 24.3 Å². The summed E-state index contributed by atoms with van der Waals surface area (Å²) in [6.07, 6.45) is 2.82. The van der Waals surface area contributed by atoms with Gasteiger partial charge in [0, 0.05) is 20.2 Å². The number of ether oxygens (including phenoxy) is 2. The van der Waals surface area contributed by atoms with E-state index in [0.717, 1.165) is 19.4 Å². The quantitative estimate of drug-likeness (QED) is 0.773. The second-order valence-corrected chi connectivity index (χ2v) is 5.67. The molecule has 112 valence electrons. The zero-order valence-corrected chi connectivity index (χ0v) is 12.5. The molecular formula is C15H22ClNO3. The molecule has 1 saturated carbocycles. The van der Waals surface area contributed by atoms with Crippen LogP contribution in [-0.2, 0) is 4.74 Å². The van der Waals surface area contributed by atoms with Gasteiger partial charge >= 0.3 is 0 Å². The Hall–Kier alpha value is -0.810. The molecule has 5 heteroatoms. The van der Waals surface area contributed by atoms with E-state index in [1.54, 1.807) is 19.2 Å². The molecule has 1 atom stereocenters. The molecule has 20 heavy (non-hydrogen) atoms. The first-order chi connectivity index (χ1) is 9.65. The first kappa shape index (κ1) is 15.6.